The molecule has 0 saturated heterocycles. The van der Waals surface area contributed by atoms with E-state index in [0.29, 0.717) is 24.0 Å². The summed E-state index contributed by atoms with van der Waals surface area (Å²) in [5.41, 5.74) is 2.70. The molecule has 0 N–H and O–H groups in total. The maximum absolute atomic E-state index is 6.00. The highest BCUT2D eigenvalue weighted by Gasteiger charge is 2.16. The predicted molar refractivity (Wildman–Crippen MR) is 98.4 cm³/mol. The molecule has 2 aromatic carbocycles. The maximum atomic E-state index is 6.00. The van der Waals surface area contributed by atoms with Gasteiger partial charge in [-0.1, -0.05) is 42.5 Å². The highest BCUT2D eigenvalue weighted by atomic mass is 16.5. The van der Waals surface area contributed by atoms with Crippen molar-refractivity contribution >= 4 is 5.65 Å². The van der Waals surface area contributed by atoms with Gasteiger partial charge in [0, 0.05) is 6.42 Å². The average molecular weight is 346 g/mol. The molecule has 0 aliphatic heterocycles. The summed E-state index contributed by atoms with van der Waals surface area (Å²) in [7, 11) is 1.64. The van der Waals surface area contributed by atoms with E-state index in [-0.39, 0.29) is 0 Å². The van der Waals surface area contributed by atoms with Gasteiger partial charge in [-0.05, 0) is 17.7 Å². The van der Waals surface area contributed by atoms with Gasteiger partial charge >= 0.3 is 0 Å². The molecule has 0 aliphatic carbocycles. The van der Waals surface area contributed by atoms with E-state index < -0.39 is 0 Å². The summed E-state index contributed by atoms with van der Waals surface area (Å²) in [5.74, 6) is 1.99. The quantitative estimate of drug-likeness (QED) is 0.535. The van der Waals surface area contributed by atoms with Crippen molar-refractivity contribution < 1.29 is 9.47 Å². The minimum Gasteiger partial charge on any atom is -0.496 e. The Kier molecular flexibility index (Phi) is 4.47. The van der Waals surface area contributed by atoms with Gasteiger partial charge in [-0.15, -0.1) is 10.2 Å². The van der Waals surface area contributed by atoms with Gasteiger partial charge in [0.2, 0.25) is 5.88 Å². The molecule has 26 heavy (non-hydrogen) atoms. The number of aromatic nitrogens is 4. The van der Waals surface area contributed by atoms with E-state index in [2.05, 4.69) is 27.3 Å². The summed E-state index contributed by atoms with van der Waals surface area (Å²) in [4.78, 5) is 4.21. The number of hydrogen-bond donors (Lipinski definition) is 0. The fourth-order valence-corrected chi connectivity index (χ4v) is 2.85. The zero-order valence-corrected chi connectivity index (χ0v) is 14.4. The van der Waals surface area contributed by atoms with Gasteiger partial charge in [-0.25, -0.2) is 4.40 Å². The Morgan fingerprint density at radius 3 is 2.58 bits per heavy atom. The molecule has 6 nitrogen and oxygen atoms in total. The fourth-order valence-electron chi connectivity index (χ4n) is 2.85. The van der Waals surface area contributed by atoms with Crippen LogP contribution in [0.1, 0.15) is 5.56 Å². The highest BCUT2D eigenvalue weighted by Crippen LogP contribution is 2.30. The smallest absolute Gasteiger partial charge is 0.220 e. The number of benzene rings is 2. The Morgan fingerprint density at radius 2 is 1.73 bits per heavy atom. The van der Waals surface area contributed by atoms with E-state index in [4.69, 9.17) is 9.47 Å². The van der Waals surface area contributed by atoms with Crippen molar-refractivity contribution in [2.24, 2.45) is 0 Å². The maximum Gasteiger partial charge on any atom is 0.220 e. The molecule has 0 radical (unpaired) electrons. The van der Waals surface area contributed by atoms with Crippen LogP contribution in [0.2, 0.25) is 0 Å². The Hall–Kier alpha value is -3.41. The van der Waals surface area contributed by atoms with Crippen LogP contribution in [-0.4, -0.2) is 33.3 Å². The molecule has 0 unspecified atom stereocenters. The number of nitrogens with zero attached hydrogens (tertiary/aromatic N) is 4. The van der Waals surface area contributed by atoms with Crippen LogP contribution in [0.25, 0.3) is 17.0 Å². The summed E-state index contributed by atoms with van der Waals surface area (Å²) in [6, 6.07) is 17.9. The normalized spacial score (nSPS) is 10.8. The van der Waals surface area contributed by atoms with Gasteiger partial charge in [-0.2, -0.15) is 0 Å². The van der Waals surface area contributed by atoms with Crippen molar-refractivity contribution in [3.8, 4) is 23.0 Å². The Bertz CT molecular complexity index is 1010. The fraction of sp³-hybridized carbons (Fsp3) is 0.150. The zero-order valence-electron chi connectivity index (χ0n) is 14.4. The van der Waals surface area contributed by atoms with E-state index in [1.807, 2.05) is 46.9 Å². The molecule has 0 bridgehead atoms. The molecule has 0 atom stereocenters. The lowest BCUT2D eigenvalue weighted by molar-refractivity contribution is 0.304. The van der Waals surface area contributed by atoms with Gasteiger partial charge in [0.25, 0.3) is 0 Å². The number of hydrogen-bond acceptors (Lipinski definition) is 5. The molecule has 130 valence electrons. The number of methoxy groups -OCH3 is 1. The van der Waals surface area contributed by atoms with E-state index in [1.165, 1.54) is 5.56 Å². The van der Waals surface area contributed by atoms with Gasteiger partial charge in [0.1, 0.15) is 5.75 Å². The molecule has 4 aromatic rings. The first-order valence-electron chi connectivity index (χ1n) is 8.36. The summed E-state index contributed by atoms with van der Waals surface area (Å²) in [6.45, 7) is 0.536. The third-order valence-corrected chi connectivity index (χ3v) is 4.11. The minimum atomic E-state index is 0.536. The number of rotatable bonds is 6. The van der Waals surface area contributed by atoms with Crippen LogP contribution < -0.4 is 9.47 Å². The predicted octanol–water partition coefficient (Wildman–Crippen LogP) is 3.42. The van der Waals surface area contributed by atoms with Gasteiger partial charge < -0.3 is 9.47 Å². The Morgan fingerprint density at radius 1 is 0.923 bits per heavy atom. The van der Waals surface area contributed by atoms with E-state index in [9.17, 15) is 0 Å². The molecule has 0 amide bonds. The van der Waals surface area contributed by atoms with Crippen LogP contribution in [0.5, 0.6) is 11.6 Å². The first-order chi connectivity index (χ1) is 12.9. The van der Waals surface area contributed by atoms with Gasteiger partial charge in [0.05, 0.1) is 31.7 Å². The monoisotopic (exact) mass is 346 g/mol. The minimum absolute atomic E-state index is 0.536. The number of para-hydroxylation sites is 1. The Labute approximate surface area is 151 Å². The van der Waals surface area contributed by atoms with Crippen LogP contribution in [0.3, 0.4) is 0 Å². The molecule has 0 saturated carbocycles. The van der Waals surface area contributed by atoms with Gasteiger partial charge in [0.15, 0.2) is 11.5 Å². The summed E-state index contributed by atoms with van der Waals surface area (Å²) in [6.07, 6.45) is 4.15. The number of ether oxygens (including phenoxy) is 2. The van der Waals surface area contributed by atoms with Crippen molar-refractivity contribution in [2.45, 2.75) is 6.42 Å². The lowest BCUT2D eigenvalue weighted by atomic mass is 10.2. The first kappa shape index (κ1) is 16.1. The molecule has 6 heteroatoms. The lowest BCUT2D eigenvalue weighted by Crippen LogP contribution is -2.06. The molecular formula is C20H18N4O2. The molecule has 2 aromatic heterocycles. The lowest BCUT2D eigenvalue weighted by Gasteiger charge is -2.11. The van der Waals surface area contributed by atoms with Gasteiger partial charge in [-0.3, -0.25) is 4.98 Å². The van der Waals surface area contributed by atoms with Crippen LogP contribution in [-0.2, 0) is 6.42 Å². The van der Waals surface area contributed by atoms with E-state index in [1.54, 1.807) is 19.5 Å². The summed E-state index contributed by atoms with van der Waals surface area (Å²) >= 11 is 0. The summed E-state index contributed by atoms with van der Waals surface area (Å²) < 4.78 is 13.3. The SMILES string of the molecule is COc1ccccc1-c1nnc2cncc(OCCc3ccccc3)n12. The van der Waals surface area contributed by atoms with Crippen LogP contribution in [0.15, 0.2) is 67.0 Å². The Balaban J connectivity index is 1.66. The van der Waals surface area contributed by atoms with E-state index >= 15 is 0 Å². The molecule has 4 rings (SSSR count). The largest absolute Gasteiger partial charge is 0.496 e. The standard InChI is InChI=1S/C20H18N4O2/c1-25-17-10-6-5-9-16(17)20-23-22-18-13-21-14-19(24(18)20)26-12-11-15-7-3-2-4-8-15/h2-10,13-14H,11-12H2,1H3. The van der Waals surface area contributed by atoms with Crippen molar-refractivity contribution in [1.29, 1.82) is 0 Å². The van der Waals surface area contributed by atoms with Crippen LogP contribution in [0.4, 0.5) is 0 Å². The second-order valence-electron chi connectivity index (χ2n) is 5.75. The topological polar surface area (TPSA) is 61.5 Å². The molecule has 0 aliphatic rings. The molecule has 2 heterocycles. The second kappa shape index (κ2) is 7.23. The third-order valence-electron chi connectivity index (χ3n) is 4.11. The van der Waals surface area contributed by atoms with E-state index in [0.717, 1.165) is 17.7 Å². The van der Waals surface area contributed by atoms with Crippen LogP contribution >= 0.6 is 0 Å². The molecular weight excluding hydrogens is 328 g/mol. The van der Waals surface area contributed by atoms with Crippen molar-refractivity contribution in [1.82, 2.24) is 19.6 Å². The molecule has 0 spiro atoms. The zero-order chi connectivity index (χ0) is 17.8. The van der Waals surface area contributed by atoms with Crippen molar-refractivity contribution in [3.63, 3.8) is 0 Å². The third kappa shape index (κ3) is 3.09. The van der Waals surface area contributed by atoms with Crippen molar-refractivity contribution in [3.05, 3.63) is 72.6 Å². The van der Waals surface area contributed by atoms with Crippen LogP contribution in [0, 0.1) is 0 Å². The number of fused-ring (bicyclic) bond motifs is 1. The second-order valence-corrected chi connectivity index (χ2v) is 5.75. The highest BCUT2D eigenvalue weighted by molar-refractivity contribution is 5.67. The average Bonchev–Trinajstić information content (AvgIpc) is 3.13. The first-order valence-corrected chi connectivity index (χ1v) is 8.36. The molecule has 0 fully saturated rings. The van der Waals surface area contributed by atoms with Crippen molar-refractivity contribution in [2.75, 3.05) is 13.7 Å². The summed E-state index contributed by atoms with van der Waals surface area (Å²) in [5, 5.41) is 8.53.